The number of hydrogen-bond donors (Lipinski definition) is 2. The highest BCUT2D eigenvalue weighted by Gasteiger charge is 2.39. The first kappa shape index (κ1) is 15.8. The van der Waals surface area contributed by atoms with Gasteiger partial charge in [0.2, 0.25) is 0 Å². The van der Waals surface area contributed by atoms with Crippen LogP contribution in [0, 0.1) is 5.41 Å². The summed E-state index contributed by atoms with van der Waals surface area (Å²) in [5, 5.41) is 12.6. The SMILES string of the molecule is CS(=O)(=O)c1ccccc1NCC1(C(=O)O)CCCCC1. The number of carboxylic acid groups (broad SMARTS) is 1. The van der Waals surface area contributed by atoms with E-state index in [9.17, 15) is 18.3 Å². The lowest BCUT2D eigenvalue weighted by Crippen LogP contribution is -2.39. The van der Waals surface area contributed by atoms with Crippen LogP contribution in [-0.2, 0) is 14.6 Å². The lowest BCUT2D eigenvalue weighted by Gasteiger charge is -2.33. The summed E-state index contributed by atoms with van der Waals surface area (Å²) < 4.78 is 23.5. The van der Waals surface area contributed by atoms with E-state index in [0.717, 1.165) is 25.5 Å². The van der Waals surface area contributed by atoms with E-state index in [-0.39, 0.29) is 11.4 Å². The van der Waals surface area contributed by atoms with Gasteiger partial charge in [0.05, 0.1) is 16.0 Å². The number of sulfone groups is 1. The van der Waals surface area contributed by atoms with E-state index in [1.54, 1.807) is 18.2 Å². The Morgan fingerprint density at radius 2 is 1.86 bits per heavy atom. The lowest BCUT2D eigenvalue weighted by molar-refractivity contribution is -0.150. The summed E-state index contributed by atoms with van der Waals surface area (Å²) in [5.74, 6) is -0.800. The summed E-state index contributed by atoms with van der Waals surface area (Å²) >= 11 is 0. The molecule has 0 aliphatic heterocycles. The van der Waals surface area contributed by atoms with Crippen molar-refractivity contribution in [3.63, 3.8) is 0 Å². The third-order valence-electron chi connectivity index (χ3n) is 4.17. The van der Waals surface area contributed by atoms with Crippen LogP contribution >= 0.6 is 0 Å². The Balaban J connectivity index is 2.21. The number of carbonyl (C=O) groups is 1. The molecule has 1 aliphatic carbocycles. The standard InChI is InChI=1S/C15H21NO4S/c1-21(19,20)13-8-4-3-7-12(13)16-11-15(14(17)18)9-5-2-6-10-15/h3-4,7-8,16H,2,5-6,9-11H2,1H3,(H,17,18). The second-order valence-electron chi connectivity index (χ2n) is 5.77. The van der Waals surface area contributed by atoms with Crippen LogP contribution in [0.2, 0.25) is 0 Å². The maximum atomic E-state index is 11.8. The maximum Gasteiger partial charge on any atom is 0.311 e. The molecule has 0 saturated heterocycles. The van der Waals surface area contributed by atoms with Crippen molar-refractivity contribution >= 4 is 21.5 Å². The van der Waals surface area contributed by atoms with Crippen molar-refractivity contribution in [2.75, 3.05) is 18.1 Å². The number of aliphatic carboxylic acids is 1. The Labute approximate surface area is 125 Å². The minimum Gasteiger partial charge on any atom is -0.481 e. The fourth-order valence-electron chi connectivity index (χ4n) is 2.90. The number of anilines is 1. The third kappa shape index (κ3) is 3.56. The molecule has 2 N–H and O–H groups in total. The highest BCUT2D eigenvalue weighted by molar-refractivity contribution is 7.90. The van der Waals surface area contributed by atoms with Gasteiger partial charge >= 0.3 is 5.97 Å². The molecule has 1 saturated carbocycles. The number of benzene rings is 1. The van der Waals surface area contributed by atoms with E-state index in [2.05, 4.69) is 5.32 Å². The zero-order chi connectivity index (χ0) is 15.5. The summed E-state index contributed by atoms with van der Waals surface area (Å²) in [6, 6.07) is 6.61. The maximum absolute atomic E-state index is 11.8. The molecule has 0 heterocycles. The van der Waals surface area contributed by atoms with E-state index < -0.39 is 21.2 Å². The smallest absolute Gasteiger partial charge is 0.311 e. The number of nitrogens with one attached hydrogen (secondary N) is 1. The van der Waals surface area contributed by atoms with Crippen LogP contribution in [0.25, 0.3) is 0 Å². The Kier molecular flexibility index (Phi) is 4.56. The zero-order valence-corrected chi connectivity index (χ0v) is 12.9. The molecule has 116 valence electrons. The van der Waals surface area contributed by atoms with Gasteiger partial charge in [0.25, 0.3) is 0 Å². The molecule has 2 rings (SSSR count). The lowest BCUT2D eigenvalue weighted by atomic mass is 9.74. The summed E-state index contributed by atoms with van der Waals surface area (Å²) in [5.41, 5.74) is -0.311. The van der Waals surface area contributed by atoms with Gasteiger partial charge in [-0.1, -0.05) is 31.4 Å². The molecule has 1 fully saturated rings. The predicted octanol–water partition coefficient (Wildman–Crippen LogP) is 2.54. The van der Waals surface area contributed by atoms with E-state index in [0.29, 0.717) is 18.5 Å². The summed E-state index contributed by atoms with van der Waals surface area (Å²) in [7, 11) is -3.34. The molecule has 0 atom stereocenters. The second kappa shape index (κ2) is 6.05. The molecule has 0 aromatic heterocycles. The average molecular weight is 311 g/mol. The molecular formula is C15H21NO4S. The summed E-state index contributed by atoms with van der Waals surface area (Å²) in [6.45, 7) is 0.259. The molecular weight excluding hydrogens is 290 g/mol. The number of para-hydroxylation sites is 1. The van der Waals surface area contributed by atoms with Gasteiger partial charge in [-0.25, -0.2) is 8.42 Å². The Morgan fingerprint density at radius 1 is 1.24 bits per heavy atom. The van der Waals surface area contributed by atoms with Crippen molar-refractivity contribution in [1.29, 1.82) is 0 Å². The largest absolute Gasteiger partial charge is 0.481 e. The van der Waals surface area contributed by atoms with Gasteiger partial charge < -0.3 is 10.4 Å². The van der Waals surface area contributed by atoms with Crippen molar-refractivity contribution in [3.8, 4) is 0 Å². The molecule has 21 heavy (non-hydrogen) atoms. The molecule has 0 spiro atoms. The molecule has 5 nitrogen and oxygen atoms in total. The first-order valence-corrected chi connectivity index (χ1v) is 9.01. The minimum atomic E-state index is -3.34. The molecule has 0 bridgehead atoms. The first-order valence-electron chi connectivity index (χ1n) is 7.12. The van der Waals surface area contributed by atoms with Crippen molar-refractivity contribution in [2.45, 2.75) is 37.0 Å². The molecule has 1 aromatic rings. The topological polar surface area (TPSA) is 83.5 Å². The van der Waals surface area contributed by atoms with Crippen molar-refractivity contribution in [3.05, 3.63) is 24.3 Å². The van der Waals surface area contributed by atoms with Crippen LogP contribution in [0.4, 0.5) is 5.69 Å². The molecule has 0 amide bonds. The Morgan fingerprint density at radius 3 is 2.43 bits per heavy atom. The van der Waals surface area contributed by atoms with Gasteiger partial charge in [-0.05, 0) is 25.0 Å². The molecule has 1 aromatic carbocycles. The van der Waals surface area contributed by atoms with Crippen LogP contribution < -0.4 is 5.32 Å². The number of carboxylic acids is 1. The van der Waals surface area contributed by atoms with E-state index in [1.165, 1.54) is 6.07 Å². The first-order chi connectivity index (χ1) is 9.85. The highest BCUT2D eigenvalue weighted by Crippen LogP contribution is 2.37. The van der Waals surface area contributed by atoms with Crippen LogP contribution in [-0.4, -0.2) is 32.3 Å². The van der Waals surface area contributed by atoms with E-state index >= 15 is 0 Å². The van der Waals surface area contributed by atoms with Crippen molar-refractivity contribution < 1.29 is 18.3 Å². The predicted molar refractivity (Wildman–Crippen MR) is 81.2 cm³/mol. The third-order valence-corrected chi connectivity index (χ3v) is 5.32. The van der Waals surface area contributed by atoms with Gasteiger partial charge in [-0.15, -0.1) is 0 Å². The van der Waals surface area contributed by atoms with Crippen LogP contribution in [0.5, 0.6) is 0 Å². The van der Waals surface area contributed by atoms with Crippen molar-refractivity contribution in [1.82, 2.24) is 0 Å². The van der Waals surface area contributed by atoms with E-state index in [4.69, 9.17) is 0 Å². The van der Waals surface area contributed by atoms with Gasteiger partial charge in [-0.2, -0.15) is 0 Å². The summed E-state index contributed by atoms with van der Waals surface area (Å²) in [4.78, 5) is 11.8. The Bertz CT molecular complexity index is 618. The highest BCUT2D eigenvalue weighted by atomic mass is 32.2. The normalized spacial score (nSPS) is 18.1. The molecule has 1 aliphatic rings. The van der Waals surface area contributed by atoms with E-state index in [1.807, 2.05) is 0 Å². The minimum absolute atomic E-state index is 0.210. The van der Waals surface area contributed by atoms with Gasteiger partial charge in [0, 0.05) is 12.8 Å². The van der Waals surface area contributed by atoms with Crippen molar-refractivity contribution in [2.24, 2.45) is 5.41 Å². The molecule has 0 radical (unpaired) electrons. The molecule has 6 heteroatoms. The summed E-state index contributed by atoms with van der Waals surface area (Å²) in [6.07, 6.45) is 5.30. The Hall–Kier alpha value is -1.56. The second-order valence-corrected chi connectivity index (χ2v) is 7.75. The monoisotopic (exact) mass is 311 g/mol. The number of rotatable bonds is 5. The van der Waals surface area contributed by atoms with Crippen LogP contribution in [0.15, 0.2) is 29.2 Å². The van der Waals surface area contributed by atoms with Gasteiger partial charge in [0.15, 0.2) is 9.84 Å². The van der Waals surface area contributed by atoms with Crippen LogP contribution in [0.3, 0.4) is 0 Å². The fraction of sp³-hybridized carbons (Fsp3) is 0.533. The average Bonchev–Trinajstić information content (AvgIpc) is 2.45. The zero-order valence-electron chi connectivity index (χ0n) is 12.1. The van der Waals surface area contributed by atoms with Gasteiger partial charge in [-0.3, -0.25) is 4.79 Å². The molecule has 0 unspecified atom stereocenters. The van der Waals surface area contributed by atoms with Crippen LogP contribution in [0.1, 0.15) is 32.1 Å². The fourth-order valence-corrected chi connectivity index (χ4v) is 3.76. The quantitative estimate of drug-likeness (QED) is 0.873. The van der Waals surface area contributed by atoms with Gasteiger partial charge in [0.1, 0.15) is 0 Å². The number of hydrogen-bond acceptors (Lipinski definition) is 4.